The van der Waals surface area contributed by atoms with Gasteiger partial charge in [0.05, 0.1) is 11.6 Å². The first-order chi connectivity index (χ1) is 11.1. The van der Waals surface area contributed by atoms with Crippen molar-refractivity contribution in [1.29, 1.82) is 0 Å². The van der Waals surface area contributed by atoms with Crippen LogP contribution in [0.25, 0.3) is 0 Å². The number of nitrogens with one attached hydrogen (secondary N) is 1. The summed E-state index contributed by atoms with van der Waals surface area (Å²) in [6, 6.07) is 4.60. The molecule has 140 valence electrons. The smallest absolute Gasteiger partial charge is 0.227 e. The summed E-state index contributed by atoms with van der Waals surface area (Å²) in [5.74, 6) is -0.219. The number of amides is 1. The lowest BCUT2D eigenvalue weighted by Gasteiger charge is -2.37. The molecule has 1 N–H and O–H groups in total. The summed E-state index contributed by atoms with van der Waals surface area (Å²) in [6.07, 6.45) is 0.903. The third-order valence-corrected chi connectivity index (χ3v) is 4.70. The van der Waals surface area contributed by atoms with Crippen LogP contribution in [-0.2, 0) is 4.79 Å². The molecule has 1 atom stereocenters. The Bertz CT molecular complexity index is 616. The minimum Gasteiger partial charge on any atom is -0.366 e. The number of hydrogen-bond acceptors (Lipinski definition) is 4. The molecule has 2 fully saturated rings. The third-order valence-electron chi connectivity index (χ3n) is 4.70. The van der Waals surface area contributed by atoms with Crippen molar-refractivity contribution >= 4 is 42.2 Å². The van der Waals surface area contributed by atoms with Gasteiger partial charge in [-0.05, 0) is 38.1 Å². The molecule has 2 aliphatic heterocycles. The monoisotopic (exact) mass is 391 g/mol. The van der Waals surface area contributed by atoms with Crippen LogP contribution in [0.2, 0.25) is 0 Å². The van der Waals surface area contributed by atoms with Crippen molar-refractivity contribution in [2.24, 2.45) is 5.92 Å². The first-order valence-corrected chi connectivity index (χ1v) is 8.11. The lowest BCUT2D eigenvalue weighted by molar-refractivity contribution is -0.135. The van der Waals surface area contributed by atoms with Crippen molar-refractivity contribution in [2.45, 2.75) is 13.3 Å². The highest BCUT2D eigenvalue weighted by Gasteiger charge is 2.29. The summed E-state index contributed by atoms with van der Waals surface area (Å²) in [5, 5.41) is 3.21. The highest BCUT2D eigenvalue weighted by atomic mass is 35.5. The van der Waals surface area contributed by atoms with E-state index in [4.69, 9.17) is 0 Å². The van der Waals surface area contributed by atoms with Crippen LogP contribution < -0.4 is 10.2 Å². The van der Waals surface area contributed by atoms with Gasteiger partial charge in [0.2, 0.25) is 5.91 Å². The van der Waals surface area contributed by atoms with Gasteiger partial charge in [-0.15, -0.1) is 24.8 Å². The number of carbonyl (C=O) groups is 2. The molecule has 1 unspecified atom stereocenters. The zero-order chi connectivity index (χ0) is 16.4. The maximum Gasteiger partial charge on any atom is 0.227 e. The molecule has 0 bridgehead atoms. The highest BCUT2D eigenvalue weighted by molar-refractivity contribution is 5.94. The molecular formula is C17H24Cl2FN3O2. The highest BCUT2D eigenvalue weighted by Crippen LogP contribution is 2.23. The fourth-order valence-electron chi connectivity index (χ4n) is 3.27. The number of hydrogen-bond donors (Lipinski definition) is 1. The molecular weight excluding hydrogens is 368 g/mol. The van der Waals surface area contributed by atoms with Gasteiger partial charge < -0.3 is 15.1 Å². The average Bonchev–Trinajstić information content (AvgIpc) is 3.08. The Morgan fingerprint density at radius 1 is 1.16 bits per heavy atom. The number of benzene rings is 1. The van der Waals surface area contributed by atoms with E-state index >= 15 is 0 Å². The van der Waals surface area contributed by atoms with Crippen molar-refractivity contribution < 1.29 is 14.0 Å². The summed E-state index contributed by atoms with van der Waals surface area (Å²) in [6.45, 7) is 5.55. The Hall–Kier alpha value is -1.37. The van der Waals surface area contributed by atoms with E-state index in [0.29, 0.717) is 37.4 Å². The maximum atomic E-state index is 14.2. The number of rotatable bonds is 3. The molecule has 0 aromatic heterocycles. The number of piperazine rings is 1. The van der Waals surface area contributed by atoms with E-state index in [-0.39, 0.29) is 48.2 Å². The van der Waals surface area contributed by atoms with Crippen LogP contribution in [0, 0.1) is 11.7 Å². The van der Waals surface area contributed by atoms with Crippen LogP contribution in [0.3, 0.4) is 0 Å². The Balaban J connectivity index is 0.00000156. The number of Topliss-reactive ketones (excluding diaryl/α,β-unsaturated/α-hetero) is 1. The zero-order valence-electron chi connectivity index (χ0n) is 14.2. The summed E-state index contributed by atoms with van der Waals surface area (Å²) in [7, 11) is 0. The predicted molar refractivity (Wildman–Crippen MR) is 101 cm³/mol. The molecule has 1 amide bonds. The van der Waals surface area contributed by atoms with Gasteiger partial charge in [-0.1, -0.05) is 0 Å². The van der Waals surface area contributed by atoms with Crippen LogP contribution >= 0.6 is 24.8 Å². The van der Waals surface area contributed by atoms with Gasteiger partial charge in [-0.25, -0.2) is 4.39 Å². The molecule has 0 aliphatic carbocycles. The first-order valence-electron chi connectivity index (χ1n) is 8.11. The van der Waals surface area contributed by atoms with Crippen LogP contribution in [0.1, 0.15) is 23.7 Å². The number of ketones is 1. The molecule has 1 aromatic carbocycles. The zero-order valence-corrected chi connectivity index (χ0v) is 15.8. The topological polar surface area (TPSA) is 52.7 Å². The van der Waals surface area contributed by atoms with Crippen LogP contribution in [0.15, 0.2) is 18.2 Å². The lowest BCUT2D eigenvalue weighted by Crippen LogP contribution is -2.50. The van der Waals surface area contributed by atoms with Gasteiger partial charge in [-0.3, -0.25) is 9.59 Å². The SMILES string of the molecule is CC(=O)c1ccc(N2CCN(C(=O)C3CCNC3)CC2)c(F)c1.Cl.Cl. The number of anilines is 1. The van der Waals surface area contributed by atoms with Crippen molar-refractivity contribution in [3.63, 3.8) is 0 Å². The maximum absolute atomic E-state index is 14.2. The summed E-state index contributed by atoms with van der Waals surface area (Å²) in [5.41, 5.74) is 0.887. The van der Waals surface area contributed by atoms with E-state index in [1.165, 1.54) is 13.0 Å². The second-order valence-corrected chi connectivity index (χ2v) is 6.22. The second kappa shape index (κ2) is 9.36. The van der Waals surface area contributed by atoms with Crippen molar-refractivity contribution in [3.05, 3.63) is 29.6 Å². The second-order valence-electron chi connectivity index (χ2n) is 6.22. The third kappa shape index (κ3) is 4.84. The van der Waals surface area contributed by atoms with Gasteiger partial charge in [-0.2, -0.15) is 0 Å². The summed E-state index contributed by atoms with van der Waals surface area (Å²) < 4.78 is 14.2. The minimum atomic E-state index is -0.377. The van der Waals surface area contributed by atoms with Gasteiger partial charge in [0.15, 0.2) is 5.78 Å². The molecule has 2 saturated heterocycles. The molecule has 0 spiro atoms. The number of nitrogens with zero attached hydrogens (tertiary/aromatic N) is 2. The first kappa shape index (κ1) is 21.7. The fraction of sp³-hybridized carbons (Fsp3) is 0.529. The molecule has 25 heavy (non-hydrogen) atoms. The predicted octanol–water partition coefficient (Wildman–Crippen LogP) is 2.13. The largest absolute Gasteiger partial charge is 0.366 e. The molecule has 2 heterocycles. The van der Waals surface area contributed by atoms with Crippen LogP contribution in [0.5, 0.6) is 0 Å². The van der Waals surface area contributed by atoms with E-state index in [2.05, 4.69) is 5.32 Å². The average molecular weight is 392 g/mol. The molecule has 0 saturated carbocycles. The van der Waals surface area contributed by atoms with E-state index in [9.17, 15) is 14.0 Å². The normalized spacial score (nSPS) is 19.8. The minimum absolute atomic E-state index is 0. The van der Waals surface area contributed by atoms with E-state index in [1.807, 2.05) is 9.80 Å². The lowest BCUT2D eigenvalue weighted by atomic mass is 10.1. The van der Waals surface area contributed by atoms with Gasteiger partial charge >= 0.3 is 0 Å². The molecule has 3 rings (SSSR count). The molecule has 1 aromatic rings. The summed E-state index contributed by atoms with van der Waals surface area (Å²) in [4.78, 5) is 27.5. The number of carbonyl (C=O) groups excluding carboxylic acids is 2. The van der Waals surface area contributed by atoms with Gasteiger partial charge in [0, 0.05) is 38.3 Å². The Morgan fingerprint density at radius 3 is 2.36 bits per heavy atom. The Kier molecular flexibility index (Phi) is 8.12. The van der Waals surface area contributed by atoms with Crippen molar-refractivity contribution in [3.8, 4) is 0 Å². The summed E-state index contributed by atoms with van der Waals surface area (Å²) >= 11 is 0. The molecule has 8 heteroatoms. The fourth-order valence-corrected chi connectivity index (χ4v) is 3.27. The van der Waals surface area contributed by atoms with Gasteiger partial charge in [0.25, 0.3) is 0 Å². The number of halogens is 3. The van der Waals surface area contributed by atoms with Crippen molar-refractivity contribution in [1.82, 2.24) is 10.2 Å². The standard InChI is InChI=1S/C17H22FN3O2.2ClH/c1-12(22)13-2-3-16(15(18)10-13)20-6-8-21(9-7-20)17(23)14-4-5-19-11-14;;/h2-3,10,14,19H,4-9,11H2,1H3;2*1H. The van der Waals surface area contributed by atoms with Crippen molar-refractivity contribution in [2.75, 3.05) is 44.2 Å². The molecule has 5 nitrogen and oxygen atoms in total. The van der Waals surface area contributed by atoms with E-state index < -0.39 is 0 Å². The van der Waals surface area contributed by atoms with Gasteiger partial charge in [0.1, 0.15) is 5.82 Å². The Labute approximate surface area is 159 Å². The van der Waals surface area contributed by atoms with Crippen LogP contribution in [-0.4, -0.2) is 55.9 Å². The van der Waals surface area contributed by atoms with E-state index in [0.717, 1.165) is 19.5 Å². The Morgan fingerprint density at radius 2 is 1.84 bits per heavy atom. The molecule has 0 radical (unpaired) electrons. The molecule has 2 aliphatic rings. The van der Waals surface area contributed by atoms with E-state index in [1.54, 1.807) is 12.1 Å². The quantitative estimate of drug-likeness (QED) is 0.801. The van der Waals surface area contributed by atoms with Crippen LogP contribution in [0.4, 0.5) is 10.1 Å².